The molecule has 86 valence electrons. The summed E-state index contributed by atoms with van der Waals surface area (Å²) in [5.41, 5.74) is 0. The van der Waals surface area contributed by atoms with Crippen LogP contribution >= 0.6 is 31.9 Å². The van der Waals surface area contributed by atoms with Crippen molar-refractivity contribution >= 4 is 64.2 Å². The van der Waals surface area contributed by atoms with Gasteiger partial charge < -0.3 is 0 Å². The maximum Gasteiger partial charge on any atom is 0.0260 e. The van der Waals surface area contributed by atoms with E-state index < -0.39 is 0 Å². The number of hydrogen-bond acceptors (Lipinski definition) is 0. The van der Waals surface area contributed by atoms with Crippen LogP contribution in [0.4, 0.5) is 0 Å². The van der Waals surface area contributed by atoms with Crippen LogP contribution in [0.25, 0.3) is 32.3 Å². The predicted octanol–water partition coefficient (Wildman–Crippen LogP) is 6.11. The Kier molecular flexibility index (Phi) is 2.21. The van der Waals surface area contributed by atoms with Gasteiger partial charge in [-0.3, -0.25) is 0 Å². The maximum absolute atomic E-state index is 3.68. The van der Waals surface area contributed by atoms with Crippen molar-refractivity contribution in [2.45, 2.75) is 0 Å². The highest BCUT2D eigenvalue weighted by molar-refractivity contribution is 9.11. The molecule has 4 aromatic rings. The summed E-state index contributed by atoms with van der Waals surface area (Å²) in [6, 6.07) is 17.3. The van der Waals surface area contributed by atoms with E-state index in [0.29, 0.717) is 0 Å². The first-order chi connectivity index (χ1) is 8.75. The van der Waals surface area contributed by atoms with Gasteiger partial charge in [0.25, 0.3) is 0 Å². The van der Waals surface area contributed by atoms with Crippen LogP contribution < -0.4 is 0 Å². The minimum Gasteiger partial charge on any atom is -0.0610 e. The fourth-order valence-corrected chi connectivity index (χ4v) is 3.92. The highest BCUT2D eigenvalue weighted by atomic mass is 79.9. The second kappa shape index (κ2) is 3.69. The topological polar surface area (TPSA) is 0 Å². The first kappa shape index (κ1) is 10.8. The number of benzene rings is 4. The molecule has 0 fully saturated rings. The van der Waals surface area contributed by atoms with Crippen LogP contribution in [0.15, 0.2) is 57.5 Å². The standard InChI is InChI=1S/C16H8Br2/c17-13-8-10-4-2-6-12-14(18)7-9-3-1-5-11(13)15(9)16(10)12/h1-8H. The Balaban J connectivity index is 2.50. The number of rotatable bonds is 0. The van der Waals surface area contributed by atoms with E-state index in [1.165, 1.54) is 32.3 Å². The van der Waals surface area contributed by atoms with E-state index in [1.54, 1.807) is 0 Å². The lowest BCUT2D eigenvalue weighted by Gasteiger charge is -2.13. The molecule has 0 amide bonds. The second-order valence-electron chi connectivity index (χ2n) is 4.52. The molecule has 18 heavy (non-hydrogen) atoms. The van der Waals surface area contributed by atoms with E-state index in [2.05, 4.69) is 80.4 Å². The zero-order valence-electron chi connectivity index (χ0n) is 9.37. The van der Waals surface area contributed by atoms with Crippen LogP contribution in [0.1, 0.15) is 0 Å². The summed E-state index contributed by atoms with van der Waals surface area (Å²) in [4.78, 5) is 0. The molecule has 0 nitrogen and oxygen atoms in total. The summed E-state index contributed by atoms with van der Waals surface area (Å²) < 4.78 is 2.32. The summed E-state index contributed by atoms with van der Waals surface area (Å²) in [5, 5.41) is 7.82. The molecule has 4 aromatic carbocycles. The van der Waals surface area contributed by atoms with Crippen LogP contribution in [0.3, 0.4) is 0 Å². The van der Waals surface area contributed by atoms with Gasteiger partial charge in [0.15, 0.2) is 0 Å². The minimum atomic E-state index is 1.16. The van der Waals surface area contributed by atoms with Crippen molar-refractivity contribution in [1.82, 2.24) is 0 Å². The smallest absolute Gasteiger partial charge is 0.0260 e. The largest absolute Gasteiger partial charge is 0.0610 e. The van der Waals surface area contributed by atoms with Crippen LogP contribution in [0.5, 0.6) is 0 Å². The molecule has 0 aliphatic carbocycles. The lowest BCUT2D eigenvalue weighted by molar-refractivity contribution is 1.73. The Morgan fingerprint density at radius 3 is 1.50 bits per heavy atom. The molecule has 0 spiro atoms. The van der Waals surface area contributed by atoms with E-state index in [0.717, 1.165) is 8.95 Å². The molecule has 0 aliphatic heterocycles. The summed E-state index contributed by atoms with van der Waals surface area (Å²) >= 11 is 7.37. The first-order valence-electron chi connectivity index (χ1n) is 5.77. The molecule has 0 heterocycles. The Hall–Kier alpha value is -1.12. The van der Waals surface area contributed by atoms with Crippen molar-refractivity contribution in [1.29, 1.82) is 0 Å². The van der Waals surface area contributed by atoms with E-state index in [1.807, 2.05) is 0 Å². The van der Waals surface area contributed by atoms with Gasteiger partial charge in [-0.2, -0.15) is 0 Å². The zero-order chi connectivity index (χ0) is 12.3. The summed E-state index contributed by atoms with van der Waals surface area (Å²) in [5.74, 6) is 0. The van der Waals surface area contributed by atoms with Gasteiger partial charge in [0.2, 0.25) is 0 Å². The van der Waals surface area contributed by atoms with Crippen molar-refractivity contribution in [3.05, 3.63) is 57.5 Å². The Bertz CT molecular complexity index is 818. The van der Waals surface area contributed by atoms with Gasteiger partial charge in [0, 0.05) is 8.95 Å². The van der Waals surface area contributed by atoms with Crippen molar-refractivity contribution in [3.8, 4) is 0 Å². The van der Waals surface area contributed by atoms with Crippen LogP contribution in [0.2, 0.25) is 0 Å². The fraction of sp³-hybridized carbons (Fsp3) is 0. The fourth-order valence-electron chi connectivity index (χ4n) is 2.77. The molecular weight excluding hydrogens is 352 g/mol. The van der Waals surface area contributed by atoms with Crippen molar-refractivity contribution < 1.29 is 0 Å². The lowest BCUT2D eigenvalue weighted by atomic mass is 9.94. The molecule has 0 aliphatic rings. The Morgan fingerprint density at radius 2 is 1.06 bits per heavy atom. The summed E-state index contributed by atoms with van der Waals surface area (Å²) in [7, 11) is 0. The molecule has 0 atom stereocenters. The van der Waals surface area contributed by atoms with Crippen molar-refractivity contribution in [2.24, 2.45) is 0 Å². The normalized spacial score (nSPS) is 11.9. The predicted molar refractivity (Wildman–Crippen MR) is 85.5 cm³/mol. The molecule has 4 rings (SSSR count). The zero-order valence-corrected chi connectivity index (χ0v) is 12.5. The summed E-state index contributed by atoms with van der Waals surface area (Å²) in [6.07, 6.45) is 0. The summed E-state index contributed by atoms with van der Waals surface area (Å²) in [6.45, 7) is 0. The third-order valence-electron chi connectivity index (χ3n) is 3.52. The van der Waals surface area contributed by atoms with Gasteiger partial charge in [-0.15, -0.1) is 0 Å². The van der Waals surface area contributed by atoms with Gasteiger partial charge in [-0.25, -0.2) is 0 Å². The molecular formula is C16H8Br2. The van der Waals surface area contributed by atoms with Crippen LogP contribution in [-0.4, -0.2) is 0 Å². The average Bonchev–Trinajstić information content (AvgIpc) is 2.38. The first-order valence-corrected chi connectivity index (χ1v) is 7.36. The van der Waals surface area contributed by atoms with E-state index >= 15 is 0 Å². The third kappa shape index (κ3) is 1.30. The highest BCUT2D eigenvalue weighted by Crippen LogP contribution is 2.41. The molecule has 0 N–H and O–H groups in total. The second-order valence-corrected chi connectivity index (χ2v) is 6.23. The molecule has 2 heteroatoms. The highest BCUT2D eigenvalue weighted by Gasteiger charge is 2.12. The van der Waals surface area contributed by atoms with Crippen molar-refractivity contribution in [3.63, 3.8) is 0 Å². The monoisotopic (exact) mass is 358 g/mol. The molecule has 0 saturated carbocycles. The van der Waals surface area contributed by atoms with Crippen molar-refractivity contribution in [2.75, 3.05) is 0 Å². The van der Waals surface area contributed by atoms with Crippen LogP contribution in [0, 0.1) is 0 Å². The molecule has 0 unspecified atom stereocenters. The SMILES string of the molecule is Brc1cc2cccc3c(Br)cc4cccc1c4c23. The Labute approximate surface area is 121 Å². The number of halogens is 2. The molecule has 0 radical (unpaired) electrons. The lowest BCUT2D eigenvalue weighted by Crippen LogP contribution is -1.85. The molecule has 0 saturated heterocycles. The van der Waals surface area contributed by atoms with Crippen LogP contribution in [-0.2, 0) is 0 Å². The Morgan fingerprint density at radius 1 is 0.611 bits per heavy atom. The quantitative estimate of drug-likeness (QED) is 0.332. The maximum atomic E-state index is 3.68. The van der Waals surface area contributed by atoms with Gasteiger partial charge in [-0.1, -0.05) is 68.3 Å². The van der Waals surface area contributed by atoms with E-state index in [4.69, 9.17) is 0 Å². The van der Waals surface area contributed by atoms with E-state index in [9.17, 15) is 0 Å². The molecule has 0 bridgehead atoms. The average molecular weight is 360 g/mol. The molecule has 0 aromatic heterocycles. The van der Waals surface area contributed by atoms with Gasteiger partial charge in [0.05, 0.1) is 0 Å². The number of hydrogen-bond donors (Lipinski definition) is 0. The minimum absolute atomic E-state index is 1.16. The van der Waals surface area contributed by atoms with Gasteiger partial charge in [-0.05, 0) is 44.5 Å². The van der Waals surface area contributed by atoms with Gasteiger partial charge >= 0.3 is 0 Å². The van der Waals surface area contributed by atoms with Gasteiger partial charge in [0.1, 0.15) is 0 Å². The van der Waals surface area contributed by atoms with E-state index in [-0.39, 0.29) is 0 Å². The third-order valence-corrected chi connectivity index (χ3v) is 4.83.